The number of hydrogen-bond donors (Lipinski definition) is 1. The molecule has 0 unspecified atom stereocenters. The molecule has 0 aromatic heterocycles. The summed E-state index contributed by atoms with van der Waals surface area (Å²) < 4.78 is 57.4. The van der Waals surface area contributed by atoms with E-state index in [0.29, 0.717) is 5.75 Å². The van der Waals surface area contributed by atoms with Gasteiger partial charge >= 0.3 is 0 Å². The molecule has 0 spiro atoms. The van der Waals surface area contributed by atoms with Crippen molar-refractivity contribution in [3.8, 4) is 5.75 Å². The number of anilines is 1. The molecule has 2 atom stereocenters. The molecular formula is C19H22F2N2O4S. The van der Waals surface area contributed by atoms with Crippen molar-refractivity contribution in [1.29, 1.82) is 0 Å². The Morgan fingerprint density at radius 2 is 1.75 bits per heavy atom. The predicted molar refractivity (Wildman–Crippen MR) is 103 cm³/mol. The van der Waals surface area contributed by atoms with E-state index in [1.54, 1.807) is 19.1 Å². The summed E-state index contributed by atoms with van der Waals surface area (Å²) in [6, 6.07) is 10.1. The van der Waals surface area contributed by atoms with E-state index in [0.717, 1.165) is 28.8 Å². The van der Waals surface area contributed by atoms with E-state index in [4.69, 9.17) is 4.74 Å². The maximum atomic E-state index is 13.6. The van der Waals surface area contributed by atoms with Gasteiger partial charge in [0.2, 0.25) is 15.9 Å². The second-order valence-electron chi connectivity index (χ2n) is 6.37. The summed E-state index contributed by atoms with van der Waals surface area (Å²) in [6.07, 6.45) is 0.889. The predicted octanol–water partition coefficient (Wildman–Crippen LogP) is 2.70. The largest absolute Gasteiger partial charge is 0.491 e. The summed E-state index contributed by atoms with van der Waals surface area (Å²) in [4.78, 5) is 12.5. The molecule has 2 rings (SSSR count). The topological polar surface area (TPSA) is 75.7 Å². The lowest BCUT2D eigenvalue weighted by Crippen LogP contribution is -2.50. The van der Waals surface area contributed by atoms with Crippen LogP contribution in [0.2, 0.25) is 0 Å². The molecule has 0 bridgehead atoms. The van der Waals surface area contributed by atoms with Crippen LogP contribution in [0, 0.1) is 11.6 Å². The first-order valence-corrected chi connectivity index (χ1v) is 10.4. The quantitative estimate of drug-likeness (QED) is 0.723. The van der Waals surface area contributed by atoms with Gasteiger partial charge in [0.25, 0.3) is 0 Å². The molecule has 0 fully saturated rings. The van der Waals surface area contributed by atoms with Gasteiger partial charge in [0.05, 0.1) is 18.0 Å². The van der Waals surface area contributed by atoms with E-state index in [2.05, 4.69) is 5.32 Å². The van der Waals surface area contributed by atoms with E-state index in [9.17, 15) is 22.0 Å². The van der Waals surface area contributed by atoms with Gasteiger partial charge in [0, 0.05) is 6.07 Å². The van der Waals surface area contributed by atoms with Crippen LogP contribution in [0.3, 0.4) is 0 Å². The standard InChI is InChI=1S/C19H22F2N2O4S/c1-13(12-27-16-7-5-4-6-8-16)22-19(24)14(2)23(28(3,25)26)15-9-10-17(20)18(21)11-15/h4-11,13-14H,12H2,1-3H3,(H,22,24)/t13-,14-/m1/s1. The average molecular weight is 412 g/mol. The highest BCUT2D eigenvalue weighted by atomic mass is 32.2. The number of ether oxygens (including phenoxy) is 1. The van der Waals surface area contributed by atoms with E-state index < -0.39 is 39.6 Å². The highest BCUT2D eigenvalue weighted by Crippen LogP contribution is 2.23. The smallest absolute Gasteiger partial charge is 0.243 e. The number of rotatable bonds is 8. The third kappa shape index (κ3) is 5.66. The summed E-state index contributed by atoms with van der Waals surface area (Å²) in [6.45, 7) is 3.24. The Hall–Kier alpha value is -2.68. The van der Waals surface area contributed by atoms with Gasteiger partial charge in [-0.1, -0.05) is 18.2 Å². The molecule has 28 heavy (non-hydrogen) atoms. The molecule has 1 amide bonds. The minimum absolute atomic E-state index is 0.141. The van der Waals surface area contributed by atoms with Crippen molar-refractivity contribution >= 4 is 21.6 Å². The van der Waals surface area contributed by atoms with Crippen molar-refractivity contribution in [2.75, 3.05) is 17.2 Å². The number of carbonyl (C=O) groups is 1. The summed E-state index contributed by atoms with van der Waals surface area (Å²) in [5.74, 6) is -2.28. The molecule has 6 nitrogen and oxygen atoms in total. The van der Waals surface area contributed by atoms with E-state index >= 15 is 0 Å². The van der Waals surface area contributed by atoms with Gasteiger partial charge in [-0.05, 0) is 38.1 Å². The maximum absolute atomic E-state index is 13.6. The van der Waals surface area contributed by atoms with Crippen molar-refractivity contribution in [1.82, 2.24) is 5.32 Å². The van der Waals surface area contributed by atoms with Crippen LogP contribution in [0.5, 0.6) is 5.75 Å². The molecule has 2 aromatic rings. The fourth-order valence-corrected chi connectivity index (χ4v) is 3.74. The van der Waals surface area contributed by atoms with Gasteiger partial charge in [0.15, 0.2) is 11.6 Å². The number of para-hydroxylation sites is 1. The zero-order chi connectivity index (χ0) is 20.9. The Labute approximate surface area is 163 Å². The van der Waals surface area contributed by atoms with E-state index in [1.165, 1.54) is 6.92 Å². The van der Waals surface area contributed by atoms with Crippen molar-refractivity contribution in [2.24, 2.45) is 0 Å². The Balaban J connectivity index is 2.09. The highest BCUT2D eigenvalue weighted by Gasteiger charge is 2.30. The zero-order valence-electron chi connectivity index (χ0n) is 15.7. The first kappa shape index (κ1) is 21.6. The van der Waals surface area contributed by atoms with Gasteiger partial charge in [-0.15, -0.1) is 0 Å². The molecule has 0 saturated carbocycles. The highest BCUT2D eigenvalue weighted by molar-refractivity contribution is 7.92. The fourth-order valence-electron chi connectivity index (χ4n) is 2.57. The van der Waals surface area contributed by atoms with Gasteiger partial charge in [-0.3, -0.25) is 9.10 Å². The van der Waals surface area contributed by atoms with Crippen LogP contribution in [0.15, 0.2) is 48.5 Å². The Kier molecular flexibility index (Phi) is 6.95. The van der Waals surface area contributed by atoms with Gasteiger partial charge < -0.3 is 10.1 Å². The van der Waals surface area contributed by atoms with Crippen molar-refractivity contribution < 1.29 is 26.7 Å². The first-order chi connectivity index (χ1) is 13.1. The second kappa shape index (κ2) is 9.01. The maximum Gasteiger partial charge on any atom is 0.243 e. The molecule has 0 aliphatic carbocycles. The van der Waals surface area contributed by atoms with Crippen LogP contribution in [-0.4, -0.2) is 39.3 Å². The number of benzene rings is 2. The molecule has 0 heterocycles. The van der Waals surface area contributed by atoms with Crippen molar-refractivity contribution in [3.05, 3.63) is 60.2 Å². The summed E-state index contributed by atoms with van der Waals surface area (Å²) in [5.41, 5.74) is -0.141. The average Bonchev–Trinajstić information content (AvgIpc) is 2.62. The SMILES string of the molecule is C[C@H](COc1ccccc1)NC(=O)[C@@H](C)N(c1ccc(F)c(F)c1)S(C)(=O)=O. The van der Waals surface area contributed by atoms with Gasteiger partial charge in [0.1, 0.15) is 18.4 Å². The molecule has 152 valence electrons. The molecule has 0 saturated heterocycles. The molecule has 2 aromatic carbocycles. The molecule has 1 N–H and O–H groups in total. The normalized spacial score (nSPS) is 13.5. The van der Waals surface area contributed by atoms with Crippen LogP contribution in [0.1, 0.15) is 13.8 Å². The number of carbonyl (C=O) groups excluding carboxylic acids is 1. The minimum atomic E-state index is -3.93. The Morgan fingerprint density at radius 3 is 2.32 bits per heavy atom. The Bertz CT molecular complexity index is 923. The third-order valence-electron chi connectivity index (χ3n) is 3.88. The van der Waals surface area contributed by atoms with E-state index in [1.807, 2.05) is 18.2 Å². The van der Waals surface area contributed by atoms with Gasteiger partial charge in [-0.2, -0.15) is 0 Å². The first-order valence-electron chi connectivity index (χ1n) is 8.52. The van der Waals surface area contributed by atoms with Crippen LogP contribution < -0.4 is 14.4 Å². The van der Waals surface area contributed by atoms with Crippen LogP contribution in [0.4, 0.5) is 14.5 Å². The Morgan fingerprint density at radius 1 is 1.11 bits per heavy atom. The summed E-state index contributed by atoms with van der Waals surface area (Å²) >= 11 is 0. The lowest BCUT2D eigenvalue weighted by molar-refractivity contribution is -0.122. The minimum Gasteiger partial charge on any atom is -0.491 e. The van der Waals surface area contributed by atoms with Crippen LogP contribution in [0.25, 0.3) is 0 Å². The number of nitrogens with zero attached hydrogens (tertiary/aromatic N) is 1. The monoisotopic (exact) mass is 412 g/mol. The molecular weight excluding hydrogens is 390 g/mol. The number of amides is 1. The number of halogens is 2. The second-order valence-corrected chi connectivity index (χ2v) is 8.23. The zero-order valence-corrected chi connectivity index (χ0v) is 16.5. The van der Waals surface area contributed by atoms with Crippen molar-refractivity contribution in [2.45, 2.75) is 25.9 Å². The fraction of sp³-hybridized carbons (Fsp3) is 0.316. The molecule has 0 aliphatic heterocycles. The lowest BCUT2D eigenvalue weighted by atomic mass is 10.2. The molecule has 9 heteroatoms. The molecule has 0 radical (unpaired) electrons. The number of nitrogens with one attached hydrogen (secondary N) is 1. The van der Waals surface area contributed by atoms with Crippen LogP contribution in [-0.2, 0) is 14.8 Å². The van der Waals surface area contributed by atoms with Crippen molar-refractivity contribution in [3.63, 3.8) is 0 Å². The summed E-state index contributed by atoms with van der Waals surface area (Å²) in [7, 11) is -3.93. The molecule has 0 aliphatic rings. The van der Waals surface area contributed by atoms with Crippen LogP contribution >= 0.6 is 0 Å². The number of sulfonamides is 1. The van der Waals surface area contributed by atoms with Gasteiger partial charge in [-0.25, -0.2) is 17.2 Å². The summed E-state index contributed by atoms with van der Waals surface area (Å²) in [5, 5.41) is 2.66. The number of hydrogen-bond acceptors (Lipinski definition) is 4. The van der Waals surface area contributed by atoms with E-state index in [-0.39, 0.29) is 12.3 Å². The lowest BCUT2D eigenvalue weighted by Gasteiger charge is -2.29. The third-order valence-corrected chi connectivity index (χ3v) is 5.12.